The molecule has 0 aliphatic heterocycles. The number of nitrogens with zero attached hydrogens (tertiary/aromatic N) is 1. The largest absolute Gasteiger partial charge is 0.464 e. The van der Waals surface area contributed by atoms with E-state index in [9.17, 15) is 4.79 Å². The minimum absolute atomic E-state index is 0.0789. The van der Waals surface area contributed by atoms with E-state index in [-0.39, 0.29) is 5.70 Å². The van der Waals surface area contributed by atoms with Gasteiger partial charge in [0.25, 0.3) is 0 Å². The number of ether oxygens (including phenoxy) is 1. The molecule has 2 rings (SSSR count). The maximum absolute atomic E-state index is 11.5. The third kappa shape index (κ3) is 3.20. The number of methoxy groups -OCH3 is 1. The summed E-state index contributed by atoms with van der Waals surface area (Å²) in [6, 6.07) is 19.3. The second-order valence-corrected chi connectivity index (χ2v) is 4.13. The summed E-state index contributed by atoms with van der Waals surface area (Å²) < 4.78 is 4.64. The second-order valence-electron chi connectivity index (χ2n) is 4.13. The summed E-state index contributed by atoms with van der Waals surface area (Å²) in [7, 11) is 1.31. The molecule has 0 aliphatic carbocycles. The van der Waals surface area contributed by atoms with Crippen LogP contribution in [0.1, 0.15) is 11.1 Å². The Morgan fingerprint density at radius 3 is 1.80 bits per heavy atom. The molecule has 0 amide bonds. The summed E-state index contributed by atoms with van der Waals surface area (Å²) in [5, 5.41) is 0. The Kier molecular flexibility index (Phi) is 4.45. The number of aliphatic imine (C=N–C) groups is 1. The lowest BCUT2D eigenvalue weighted by Crippen LogP contribution is -2.08. The first-order chi connectivity index (χ1) is 9.72. The molecule has 0 spiro atoms. The number of hydrogen-bond acceptors (Lipinski definition) is 3. The van der Waals surface area contributed by atoms with E-state index in [0.29, 0.717) is 5.71 Å². The van der Waals surface area contributed by atoms with Gasteiger partial charge in [-0.2, -0.15) is 0 Å². The van der Waals surface area contributed by atoms with Gasteiger partial charge in [-0.25, -0.2) is 9.79 Å². The van der Waals surface area contributed by atoms with Crippen molar-refractivity contribution < 1.29 is 9.53 Å². The highest BCUT2D eigenvalue weighted by Gasteiger charge is 2.10. The Balaban J connectivity index is 2.48. The molecule has 0 N–H and O–H groups in total. The number of hydrogen-bond donors (Lipinski definition) is 0. The third-order valence-corrected chi connectivity index (χ3v) is 2.76. The van der Waals surface area contributed by atoms with Gasteiger partial charge in [-0.3, -0.25) is 0 Å². The maximum Gasteiger partial charge on any atom is 0.356 e. The number of carbonyl (C=O) groups excluding carboxylic acids is 1. The van der Waals surface area contributed by atoms with Crippen molar-refractivity contribution in [1.82, 2.24) is 0 Å². The van der Waals surface area contributed by atoms with Crippen LogP contribution in [0, 0.1) is 0 Å². The molecule has 0 unspecified atom stereocenters. The molecule has 0 aromatic heterocycles. The lowest BCUT2D eigenvalue weighted by atomic mass is 10.0. The Labute approximate surface area is 118 Å². The van der Waals surface area contributed by atoms with Crippen LogP contribution in [0.25, 0.3) is 0 Å². The highest BCUT2D eigenvalue weighted by atomic mass is 16.5. The number of esters is 1. The normalized spacial score (nSPS) is 9.65. The predicted molar refractivity (Wildman–Crippen MR) is 79.7 cm³/mol. The van der Waals surface area contributed by atoms with Gasteiger partial charge in [-0.05, 0) is 0 Å². The Morgan fingerprint density at radius 1 is 0.950 bits per heavy atom. The van der Waals surface area contributed by atoms with E-state index in [0.717, 1.165) is 11.1 Å². The third-order valence-electron chi connectivity index (χ3n) is 2.76. The molecule has 2 aromatic carbocycles. The molecule has 3 heteroatoms. The minimum Gasteiger partial charge on any atom is -0.464 e. The lowest BCUT2D eigenvalue weighted by Gasteiger charge is -2.08. The molecule has 20 heavy (non-hydrogen) atoms. The van der Waals surface area contributed by atoms with Gasteiger partial charge in [-0.1, -0.05) is 67.2 Å². The van der Waals surface area contributed by atoms with Crippen molar-refractivity contribution in [3.8, 4) is 0 Å². The van der Waals surface area contributed by atoms with Crippen LogP contribution in [0.3, 0.4) is 0 Å². The molecule has 0 heterocycles. The van der Waals surface area contributed by atoms with Crippen molar-refractivity contribution in [3.63, 3.8) is 0 Å². The van der Waals surface area contributed by atoms with Crippen molar-refractivity contribution in [2.24, 2.45) is 4.99 Å². The zero-order valence-corrected chi connectivity index (χ0v) is 11.2. The fourth-order valence-electron chi connectivity index (χ4n) is 1.79. The lowest BCUT2D eigenvalue weighted by molar-refractivity contribution is -0.136. The molecule has 0 radical (unpaired) electrons. The zero-order valence-electron chi connectivity index (χ0n) is 11.2. The smallest absolute Gasteiger partial charge is 0.356 e. The van der Waals surface area contributed by atoms with Crippen LogP contribution in [0.4, 0.5) is 0 Å². The SMILES string of the molecule is C=C(N=C(c1ccccc1)c1ccccc1)C(=O)OC. The van der Waals surface area contributed by atoms with Gasteiger partial charge in [0.05, 0.1) is 12.8 Å². The quantitative estimate of drug-likeness (QED) is 0.483. The first-order valence-electron chi connectivity index (χ1n) is 6.19. The van der Waals surface area contributed by atoms with Crippen molar-refractivity contribution in [2.45, 2.75) is 0 Å². The van der Waals surface area contributed by atoms with Crippen LogP contribution < -0.4 is 0 Å². The van der Waals surface area contributed by atoms with E-state index < -0.39 is 5.97 Å². The highest BCUT2D eigenvalue weighted by molar-refractivity contribution is 6.14. The first kappa shape index (κ1) is 13.7. The van der Waals surface area contributed by atoms with E-state index in [2.05, 4.69) is 16.3 Å². The first-order valence-corrected chi connectivity index (χ1v) is 6.19. The molecule has 100 valence electrons. The molecular weight excluding hydrogens is 250 g/mol. The van der Waals surface area contributed by atoms with Crippen molar-refractivity contribution in [1.29, 1.82) is 0 Å². The maximum atomic E-state index is 11.5. The van der Waals surface area contributed by atoms with Crippen LogP contribution in [0.15, 0.2) is 77.9 Å². The molecular formula is C17H15NO2. The summed E-state index contributed by atoms with van der Waals surface area (Å²) in [5.41, 5.74) is 2.62. The zero-order chi connectivity index (χ0) is 14.4. The standard InChI is InChI=1S/C17H15NO2/c1-13(17(19)20-2)18-16(14-9-5-3-6-10-14)15-11-7-4-8-12-15/h3-12H,1H2,2H3. The predicted octanol–water partition coefficient (Wildman–Crippen LogP) is 3.21. The molecule has 0 atom stereocenters. The summed E-state index contributed by atoms with van der Waals surface area (Å²) in [4.78, 5) is 15.8. The van der Waals surface area contributed by atoms with Crippen LogP contribution in [-0.4, -0.2) is 18.8 Å². The molecule has 2 aromatic rings. The highest BCUT2D eigenvalue weighted by Crippen LogP contribution is 2.13. The van der Waals surface area contributed by atoms with E-state index in [4.69, 9.17) is 0 Å². The van der Waals surface area contributed by atoms with Gasteiger partial charge in [-0.15, -0.1) is 0 Å². The molecule has 0 fully saturated rings. The minimum atomic E-state index is -0.533. The summed E-state index contributed by atoms with van der Waals surface area (Å²) in [6.07, 6.45) is 0. The van der Waals surface area contributed by atoms with E-state index >= 15 is 0 Å². The monoisotopic (exact) mass is 265 g/mol. The number of carbonyl (C=O) groups is 1. The van der Waals surface area contributed by atoms with Crippen LogP contribution >= 0.6 is 0 Å². The second kappa shape index (κ2) is 6.48. The Hall–Kier alpha value is -2.68. The summed E-state index contributed by atoms with van der Waals surface area (Å²) >= 11 is 0. The van der Waals surface area contributed by atoms with Gasteiger partial charge < -0.3 is 4.74 Å². The van der Waals surface area contributed by atoms with Crippen LogP contribution in [0.5, 0.6) is 0 Å². The van der Waals surface area contributed by atoms with Gasteiger partial charge >= 0.3 is 5.97 Å². The van der Waals surface area contributed by atoms with Crippen molar-refractivity contribution in [2.75, 3.05) is 7.11 Å². The van der Waals surface area contributed by atoms with E-state index in [1.807, 2.05) is 60.7 Å². The van der Waals surface area contributed by atoms with Crippen LogP contribution in [-0.2, 0) is 9.53 Å². The average Bonchev–Trinajstić information content (AvgIpc) is 2.53. The fraction of sp³-hybridized carbons (Fsp3) is 0.0588. The van der Waals surface area contributed by atoms with Gasteiger partial charge in [0, 0.05) is 11.1 Å². The number of rotatable bonds is 4. The Bertz CT molecular complexity index is 589. The number of benzene rings is 2. The molecule has 0 aliphatic rings. The summed E-state index contributed by atoms with van der Waals surface area (Å²) in [5.74, 6) is -0.533. The topological polar surface area (TPSA) is 38.7 Å². The van der Waals surface area contributed by atoms with Gasteiger partial charge in [0.2, 0.25) is 0 Å². The van der Waals surface area contributed by atoms with E-state index in [1.54, 1.807) is 0 Å². The summed E-state index contributed by atoms with van der Waals surface area (Å²) in [6.45, 7) is 3.65. The molecule has 0 saturated carbocycles. The van der Waals surface area contributed by atoms with E-state index in [1.165, 1.54) is 7.11 Å². The van der Waals surface area contributed by atoms with Crippen molar-refractivity contribution >= 4 is 11.7 Å². The van der Waals surface area contributed by atoms with Gasteiger partial charge in [0.1, 0.15) is 5.70 Å². The Morgan fingerprint density at radius 2 is 1.40 bits per heavy atom. The van der Waals surface area contributed by atoms with Gasteiger partial charge in [0.15, 0.2) is 0 Å². The average molecular weight is 265 g/mol. The molecule has 0 saturated heterocycles. The fourth-order valence-corrected chi connectivity index (χ4v) is 1.79. The van der Waals surface area contributed by atoms with Crippen molar-refractivity contribution in [3.05, 3.63) is 84.1 Å². The molecule has 3 nitrogen and oxygen atoms in total. The van der Waals surface area contributed by atoms with Crippen LogP contribution in [0.2, 0.25) is 0 Å². The molecule has 0 bridgehead atoms.